The highest BCUT2D eigenvalue weighted by atomic mass is 16.5. The SMILES string of the molecule is CCNC(=NCc1cccc(OCC(N)=O)c1)NCc1ccccc1OC(C)(C)C. The summed E-state index contributed by atoms with van der Waals surface area (Å²) in [5, 5.41) is 6.61. The number of primary amides is 1. The molecule has 0 heterocycles. The quantitative estimate of drug-likeness (QED) is 0.434. The molecule has 0 radical (unpaired) electrons. The van der Waals surface area contributed by atoms with Gasteiger partial charge in [-0.3, -0.25) is 4.79 Å². The summed E-state index contributed by atoms with van der Waals surface area (Å²) in [4.78, 5) is 15.5. The second-order valence-corrected chi connectivity index (χ2v) is 7.77. The molecule has 7 nitrogen and oxygen atoms in total. The fraction of sp³-hybridized carbons (Fsp3) is 0.391. The summed E-state index contributed by atoms with van der Waals surface area (Å²) in [6.45, 7) is 9.76. The van der Waals surface area contributed by atoms with Gasteiger partial charge < -0.3 is 25.8 Å². The molecule has 0 fully saturated rings. The highest BCUT2D eigenvalue weighted by Gasteiger charge is 2.14. The Bertz CT molecular complexity index is 860. The zero-order valence-corrected chi connectivity index (χ0v) is 18.2. The number of aliphatic imine (C=N–C) groups is 1. The first-order chi connectivity index (χ1) is 14.3. The number of guanidine groups is 1. The van der Waals surface area contributed by atoms with Crippen molar-refractivity contribution in [1.29, 1.82) is 0 Å². The minimum absolute atomic E-state index is 0.146. The van der Waals surface area contributed by atoms with Crippen molar-refractivity contribution >= 4 is 11.9 Å². The van der Waals surface area contributed by atoms with Crippen LogP contribution in [0, 0.1) is 0 Å². The molecule has 2 rings (SSSR count). The smallest absolute Gasteiger partial charge is 0.255 e. The molecule has 7 heteroatoms. The molecule has 0 spiro atoms. The standard InChI is InChI=1S/C23H32N4O3/c1-5-25-22(26-14-17-9-8-11-19(13-17)29-16-21(24)28)27-15-18-10-6-7-12-20(18)30-23(2,3)4/h6-13H,5,14-16H2,1-4H3,(H2,24,28)(H2,25,26,27). The number of carbonyl (C=O) groups is 1. The third kappa shape index (κ3) is 8.43. The molecule has 2 aromatic carbocycles. The molecular formula is C23H32N4O3. The Balaban J connectivity index is 2.04. The number of nitrogens with one attached hydrogen (secondary N) is 2. The summed E-state index contributed by atoms with van der Waals surface area (Å²) in [7, 11) is 0. The van der Waals surface area contributed by atoms with E-state index in [2.05, 4.69) is 15.6 Å². The highest BCUT2D eigenvalue weighted by Crippen LogP contribution is 2.22. The van der Waals surface area contributed by atoms with Gasteiger partial charge in [0.25, 0.3) is 5.91 Å². The lowest BCUT2D eigenvalue weighted by atomic mass is 10.1. The van der Waals surface area contributed by atoms with Gasteiger partial charge in [-0.25, -0.2) is 4.99 Å². The van der Waals surface area contributed by atoms with Crippen molar-refractivity contribution in [3.63, 3.8) is 0 Å². The van der Waals surface area contributed by atoms with Gasteiger partial charge in [0, 0.05) is 18.7 Å². The lowest BCUT2D eigenvalue weighted by Gasteiger charge is -2.23. The summed E-state index contributed by atoms with van der Waals surface area (Å²) in [5.74, 6) is 1.64. The number of ether oxygens (including phenoxy) is 2. The maximum absolute atomic E-state index is 10.9. The summed E-state index contributed by atoms with van der Waals surface area (Å²) in [6, 6.07) is 15.4. The molecule has 162 valence electrons. The average Bonchev–Trinajstić information content (AvgIpc) is 2.68. The summed E-state index contributed by atoms with van der Waals surface area (Å²) in [5.41, 5.74) is 6.88. The fourth-order valence-electron chi connectivity index (χ4n) is 2.66. The first-order valence-corrected chi connectivity index (χ1v) is 10.1. The van der Waals surface area contributed by atoms with Crippen molar-refractivity contribution in [1.82, 2.24) is 10.6 Å². The van der Waals surface area contributed by atoms with E-state index < -0.39 is 5.91 Å². The number of para-hydroxylation sites is 1. The van der Waals surface area contributed by atoms with Crippen molar-refractivity contribution in [2.45, 2.75) is 46.4 Å². The molecular weight excluding hydrogens is 380 g/mol. The van der Waals surface area contributed by atoms with Crippen LogP contribution in [-0.4, -0.2) is 30.6 Å². The van der Waals surface area contributed by atoms with Crippen molar-refractivity contribution in [2.24, 2.45) is 10.7 Å². The zero-order chi connectivity index (χ0) is 22.0. The second kappa shape index (κ2) is 11.1. The Labute approximate surface area is 178 Å². The lowest BCUT2D eigenvalue weighted by Crippen LogP contribution is -2.37. The van der Waals surface area contributed by atoms with E-state index in [-0.39, 0.29) is 12.2 Å². The highest BCUT2D eigenvalue weighted by molar-refractivity contribution is 5.79. The molecule has 4 N–H and O–H groups in total. The van der Waals surface area contributed by atoms with Gasteiger partial charge in [0.1, 0.15) is 17.1 Å². The van der Waals surface area contributed by atoms with Gasteiger partial charge in [0.05, 0.1) is 6.54 Å². The number of hydrogen-bond donors (Lipinski definition) is 3. The third-order valence-corrected chi connectivity index (χ3v) is 3.88. The third-order valence-electron chi connectivity index (χ3n) is 3.88. The van der Waals surface area contributed by atoms with Crippen LogP contribution in [0.25, 0.3) is 0 Å². The minimum atomic E-state index is -0.507. The Morgan fingerprint density at radius 2 is 1.87 bits per heavy atom. The molecule has 0 aliphatic rings. The molecule has 0 saturated carbocycles. The van der Waals surface area contributed by atoms with E-state index in [1.54, 1.807) is 6.07 Å². The average molecular weight is 413 g/mol. The van der Waals surface area contributed by atoms with Gasteiger partial charge in [0.15, 0.2) is 12.6 Å². The number of amides is 1. The van der Waals surface area contributed by atoms with E-state index in [9.17, 15) is 4.79 Å². The van der Waals surface area contributed by atoms with Crippen LogP contribution >= 0.6 is 0 Å². The number of nitrogens with two attached hydrogens (primary N) is 1. The minimum Gasteiger partial charge on any atom is -0.488 e. The summed E-state index contributed by atoms with van der Waals surface area (Å²) < 4.78 is 11.4. The van der Waals surface area contributed by atoms with Crippen molar-refractivity contribution in [3.8, 4) is 11.5 Å². The molecule has 0 saturated heterocycles. The Kier molecular flexibility index (Phi) is 8.53. The number of hydrogen-bond acceptors (Lipinski definition) is 4. The first-order valence-electron chi connectivity index (χ1n) is 10.1. The predicted octanol–water partition coefficient (Wildman–Crippen LogP) is 2.98. The van der Waals surface area contributed by atoms with Gasteiger partial charge in [-0.15, -0.1) is 0 Å². The number of nitrogens with zero attached hydrogens (tertiary/aromatic N) is 1. The summed E-state index contributed by atoms with van der Waals surface area (Å²) >= 11 is 0. The van der Waals surface area contributed by atoms with Crippen LogP contribution in [0.2, 0.25) is 0 Å². The molecule has 0 aliphatic heterocycles. The van der Waals surface area contributed by atoms with Crippen LogP contribution in [0.3, 0.4) is 0 Å². The van der Waals surface area contributed by atoms with E-state index in [0.29, 0.717) is 24.8 Å². The first kappa shape index (κ1) is 23.1. The maximum atomic E-state index is 10.9. The second-order valence-electron chi connectivity index (χ2n) is 7.77. The van der Waals surface area contributed by atoms with Gasteiger partial charge in [0.2, 0.25) is 0 Å². The molecule has 2 aromatic rings. The van der Waals surface area contributed by atoms with E-state index in [1.807, 2.05) is 70.2 Å². The van der Waals surface area contributed by atoms with Gasteiger partial charge >= 0.3 is 0 Å². The normalized spacial score (nSPS) is 11.7. The summed E-state index contributed by atoms with van der Waals surface area (Å²) in [6.07, 6.45) is 0. The fourth-order valence-corrected chi connectivity index (χ4v) is 2.66. The molecule has 30 heavy (non-hydrogen) atoms. The van der Waals surface area contributed by atoms with E-state index >= 15 is 0 Å². The van der Waals surface area contributed by atoms with Gasteiger partial charge in [-0.05, 0) is 51.5 Å². The molecule has 0 aromatic heterocycles. The maximum Gasteiger partial charge on any atom is 0.255 e. The van der Waals surface area contributed by atoms with E-state index in [4.69, 9.17) is 15.2 Å². The van der Waals surface area contributed by atoms with Crippen molar-refractivity contribution in [3.05, 3.63) is 59.7 Å². The van der Waals surface area contributed by atoms with Crippen LogP contribution in [0.1, 0.15) is 38.8 Å². The lowest BCUT2D eigenvalue weighted by molar-refractivity contribution is -0.119. The zero-order valence-electron chi connectivity index (χ0n) is 18.2. The number of rotatable bonds is 9. The van der Waals surface area contributed by atoms with Crippen molar-refractivity contribution < 1.29 is 14.3 Å². The van der Waals surface area contributed by atoms with Gasteiger partial charge in [-0.2, -0.15) is 0 Å². The Hall–Kier alpha value is -3.22. The van der Waals surface area contributed by atoms with Crippen LogP contribution in [0.5, 0.6) is 11.5 Å². The Morgan fingerprint density at radius 1 is 1.10 bits per heavy atom. The molecule has 0 unspecified atom stereocenters. The topological polar surface area (TPSA) is 98.0 Å². The van der Waals surface area contributed by atoms with Crippen LogP contribution < -0.4 is 25.8 Å². The largest absolute Gasteiger partial charge is 0.488 e. The number of benzene rings is 2. The molecule has 0 aliphatic carbocycles. The van der Waals surface area contributed by atoms with Crippen LogP contribution in [-0.2, 0) is 17.9 Å². The monoisotopic (exact) mass is 412 g/mol. The van der Waals surface area contributed by atoms with Crippen LogP contribution in [0.15, 0.2) is 53.5 Å². The van der Waals surface area contributed by atoms with Crippen molar-refractivity contribution in [2.75, 3.05) is 13.2 Å². The molecule has 1 amide bonds. The van der Waals surface area contributed by atoms with Crippen LogP contribution in [0.4, 0.5) is 0 Å². The van der Waals surface area contributed by atoms with Gasteiger partial charge in [-0.1, -0.05) is 30.3 Å². The van der Waals surface area contributed by atoms with E-state index in [1.165, 1.54) is 0 Å². The molecule has 0 bridgehead atoms. The predicted molar refractivity (Wildman–Crippen MR) is 120 cm³/mol. The number of carbonyl (C=O) groups excluding carboxylic acids is 1. The Morgan fingerprint density at radius 3 is 2.57 bits per heavy atom. The molecule has 0 atom stereocenters. The van der Waals surface area contributed by atoms with E-state index in [0.717, 1.165) is 23.4 Å².